The van der Waals surface area contributed by atoms with Crippen LogP contribution < -0.4 is 5.32 Å². The van der Waals surface area contributed by atoms with Gasteiger partial charge < -0.3 is 10.2 Å². The van der Waals surface area contributed by atoms with Crippen molar-refractivity contribution in [2.45, 2.75) is 26.9 Å². The minimum Gasteiger partial charge on any atom is -0.357 e. The average molecular weight is 397 g/mol. The van der Waals surface area contributed by atoms with Gasteiger partial charge in [-0.05, 0) is 43.2 Å². The Bertz CT molecular complexity index is 915. The van der Waals surface area contributed by atoms with Gasteiger partial charge in [0.25, 0.3) is 0 Å². The predicted molar refractivity (Wildman–Crippen MR) is 114 cm³/mol. The minimum absolute atomic E-state index is 0.559. The molecule has 0 spiro atoms. The van der Waals surface area contributed by atoms with Crippen molar-refractivity contribution in [3.05, 3.63) is 77.0 Å². The molecule has 0 aliphatic heterocycles. The normalized spacial score (nSPS) is 11.5. The maximum atomic E-state index is 5.97. The largest absolute Gasteiger partial charge is 0.357 e. The number of aryl methyl sites for hydroxylation is 1. The SMILES string of the molecule is CCNC(=NCc1ccc(-n2ccnc2C)nc1)N(C)Cc1ccc(Cl)cc1. The smallest absolute Gasteiger partial charge is 0.194 e. The summed E-state index contributed by atoms with van der Waals surface area (Å²) in [7, 11) is 2.03. The van der Waals surface area contributed by atoms with Gasteiger partial charge in [0, 0.05) is 43.8 Å². The van der Waals surface area contributed by atoms with Gasteiger partial charge >= 0.3 is 0 Å². The molecule has 0 atom stereocenters. The molecule has 1 N–H and O–H groups in total. The van der Waals surface area contributed by atoms with E-state index in [0.29, 0.717) is 6.54 Å². The summed E-state index contributed by atoms with van der Waals surface area (Å²) in [6, 6.07) is 11.9. The van der Waals surface area contributed by atoms with E-state index < -0.39 is 0 Å². The summed E-state index contributed by atoms with van der Waals surface area (Å²) in [5, 5.41) is 4.09. The van der Waals surface area contributed by atoms with E-state index in [1.54, 1.807) is 6.20 Å². The zero-order chi connectivity index (χ0) is 19.9. The van der Waals surface area contributed by atoms with E-state index >= 15 is 0 Å². The molecule has 0 aliphatic rings. The van der Waals surface area contributed by atoms with Crippen molar-refractivity contribution in [1.82, 2.24) is 24.8 Å². The van der Waals surface area contributed by atoms with Crippen molar-refractivity contribution >= 4 is 17.6 Å². The molecule has 2 aromatic heterocycles. The van der Waals surface area contributed by atoms with Gasteiger partial charge in [-0.2, -0.15) is 0 Å². The second-order valence-corrected chi connectivity index (χ2v) is 6.96. The first kappa shape index (κ1) is 19.9. The Labute approximate surface area is 170 Å². The highest BCUT2D eigenvalue weighted by Gasteiger charge is 2.07. The lowest BCUT2D eigenvalue weighted by molar-refractivity contribution is 0.477. The standard InChI is InChI=1S/C21H25ClN6/c1-4-23-21(27(3)15-17-5-8-19(22)9-6-17)26-14-18-7-10-20(25-13-18)28-12-11-24-16(28)2/h5-13H,4,14-15H2,1-3H3,(H,23,26). The summed E-state index contributed by atoms with van der Waals surface area (Å²) in [6.07, 6.45) is 5.54. The number of aliphatic imine (C=N–C) groups is 1. The van der Waals surface area contributed by atoms with Crippen molar-refractivity contribution < 1.29 is 0 Å². The fraction of sp³-hybridized carbons (Fsp3) is 0.286. The summed E-state index contributed by atoms with van der Waals surface area (Å²) < 4.78 is 1.96. The Morgan fingerprint density at radius 1 is 1.14 bits per heavy atom. The van der Waals surface area contributed by atoms with Gasteiger partial charge in [-0.1, -0.05) is 29.8 Å². The monoisotopic (exact) mass is 396 g/mol. The molecule has 0 unspecified atom stereocenters. The molecule has 3 rings (SSSR count). The van der Waals surface area contributed by atoms with Crippen LogP contribution in [0.15, 0.2) is 60.0 Å². The number of nitrogens with one attached hydrogen (secondary N) is 1. The first-order valence-electron chi connectivity index (χ1n) is 9.26. The number of benzene rings is 1. The van der Waals surface area contributed by atoms with Crippen LogP contribution >= 0.6 is 11.6 Å². The first-order valence-corrected chi connectivity index (χ1v) is 9.63. The second-order valence-electron chi connectivity index (χ2n) is 6.52. The maximum Gasteiger partial charge on any atom is 0.194 e. The Hall–Kier alpha value is -2.86. The number of pyridine rings is 1. The molecule has 0 bridgehead atoms. The quantitative estimate of drug-likeness (QED) is 0.508. The van der Waals surface area contributed by atoms with Gasteiger partial charge in [-0.3, -0.25) is 4.57 Å². The molecule has 1 aromatic carbocycles. The van der Waals surface area contributed by atoms with Gasteiger partial charge in [0.1, 0.15) is 11.6 Å². The Morgan fingerprint density at radius 3 is 2.50 bits per heavy atom. The Balaban J connectivity index is 1.68. The van der Waals surface area contributed by atoms with Crippen molar-refractivity contribution in [2.75, 3.05) is 13.6 Å². The number of hydrogen-bond donors (Lipinski definition) is 1. The van der Waals surface area contributed by atoms with Crippen LogP contribution in [0.1, 0.15) is 23.9 Å². The molecule has 0 saturated heterocycles. The average Bonchev–Trinajstić information content (AvgIpc) is 3.13. The molecule has 0 aliphatic carbocycles. The highest BCUT2D eigenvalue weighted by atomic mass is 35.5. The van der Waals surface area contributed by atoms with Gasteiger partial charge in [-0.25, -0.2) is 15.0 Å². The number of nitrogens with zero attached hydrogens (tertiary/aromatic N) is 5. The second kappa shape index (κ2) is 9.37. The minimum atomic E-state index is 0.559. The molecular formula is C21H25ClN6. The number of imidazole rings is 1. The molecule has 3 aromatic rings. The number of aromatic nitrogens is 3. The number of rotatable bonds is 6. The summed E-state index contributed by atoms with van der Waals surface area (Å²) in [5.41, 5.74) is 2.23. The summed E-state index contributed by atoms with van der Waals surface area (Å²) >= 11 is 5.97. The van der Waals surface area contributed by atoms with Crippen LogP contribution in [0.25, 0.3) is 5.82 Å². The molecule has 0 saturated carbocycles. The summed E-state index contributed by atoms with van der Waals surface area (Å²) in [5.74, 6) is 2.62. The molecule has 28 heavy (non-hydrogen) atoms. The van der Waals surface area contributed by atoms with Crippen LogP contribution in [-0.4, -0.2) is 39.0 Å². The van der Waals surface area contributed by atoms with E-state index in [1.165, 1.54) is 5.56 Å². The molecule has 7 heteroatoms. The zero-order valence-corrected chi connectivity index (χ0v) is 17.2. The fourth-order valence-corrected chi connectivity index (χ4v) is 2.97. The van der Waals surface area contributed by atoms with Crippen molar-refractivity contribution in [1.29, 1.82) is 0 Å². The molecule has 146 valence electrons. The number of guanidine groups is 1. The van der Waals surface area contributed by atoms with E-state index in [-0.39, 0.29) is 0 Å². The third-order valence-corrected chi connectivity index (χ3v) is 4.57. The predicted octanol–water partition coefficient (Wildman–Crippen LogP) is 3.83. The number of halogens is 1. The lowest BCUT2D eigenvalue weighted by Crippen LogP contribution is -2.38. The van der Waals surface area contributed by atoms with Crippen LogP contribution in [0, 0.1) is 6.92 Å². The first-order chi connectivity index (χ1) is 13.6. The third-order valence-electron chi connectivity index (χ3n) is 4.32. The molecule has 0 amide bonds. The molecule has 0 fully saturated rings. The van der Waals surface area contributed by atoms with E-state index in [9.17, 15) is 0 Å². The van der Waals surface area contributed by atoms with Crippen LogP contribution in [0.4, 0.5) is 0 Å². The molecule has 2 heterocycles. The van der Waals surface area contributed by atoms with E-state index in [4.69, 9.17) is 16.6 Å². The molecular weight excluding hydrogens is 372 g/mol. The fourth-order valence-electron chi connectivity index (χ4n) is 2.85. The highest BCUT2D eigenvalue weighted by Crippen LogP contribution is 2.12. The highest BCUT2D eigenvalue weighted by molar-refractivity contribution is 6.30. The van der Waals surface area contributed by atoms with Crippen molar-refractivity contribution in [3.63, 3.8) is 0 Å². The molecule has 0 radical (unpaired) electrons. The Morgan fingerprint density at radius 2 is 1.89 bits per heavy atom. The zero-order valence-electron chi connectivity index (χ0n) is 16.4. The van der Waals surface area contributed by atoms with E-state index in [2.05, 4.69) is 27.1 Å². The van der Waals surface area contributed by atoms with Gasteiger partial charge in [0.2, 0.25) is 0 Å². The van der Waals surface area contributed by atoms with Crippen molar-refractivity contribution in [3.8, 4) is 5.82 Å². The lowest BCUT2D eigenvalue weighted by atomic mass is 10.2. The van der Waals surface area contributed by atoms with Gasteiger partial charge in [0.15, 0.2) is 5.96 Å². The summed E-state index contributed by atoms with van der Waals surface area (Å²) in [6.45, 7) is 6.14. The van der Waals surface area contributed by atoms with E-state index in [1.807, 2.05) is 67.3 Å². The Kier molecular flexibility index (Phi) is 6.66. The van der Waals surface area contributed by atoms with Gasteiger partial charge in [0.05, 0.1) is 6.54 Å². The van der Waals surface area contributed by atoms with Crippen LogP contribution in [0.3, 0.4) is 0 Å². The van der Waals surface area contributed by atoms with Crippen LogP contribution in [0.2, 0.25) is 5.02 Å². The lowest BCUT2D eigenvalue weighted by Gasteiger charge is -2.22. The van der Waals surface area contributed by atoms with Crippen LogP contribution in [-0.2, 0) is 13.1 Å². The topological polar surface area (TPSA) is 58.3 Å². The van der Waals surface area contributed by atoms with Crippen LogP contribution in [0.5, 0.6) is 0 Å². The van der Waals surface area contributed by atoms with Gasteiger partial charge in [-0.15, -0.1) is 0 Å². The summed E-state index contributed by atoms with van der Waals surface area (Å²) in [4.78, 5) is 15.6. The van der Waals surface area contributed by atoms with E-state index in [0.717, 1.165) is 41.3 Å². The number of hydrogen-bond acceptors (Lipinski definition) is 3. The molecule has 6 nitrogen and oxygen atoms in total. The third kappa shape index (κ3) is 5.10. The van der Waals surface area contributed by atoms with Crippen molar-refractivity contribution in [2.24, 2.45) is 4.99 Å². The maximum absolute atomic E-state index is 5.97.